The third-order valence-electron chi connectivity index (χ3n) is 5.54. The normalized spacial score (nSPS) is 20.5. The van der Waals surface area contributed by atoms with Crippen molar-refractivity contribution in [2.75, 3.05) is 6.73 Å². The zero-order chi connectivity index (χ0) is 24.1. The summed E-state index contributed by atoms with van der Waals surface area (Å²) in [6, 6.07) is 1.34. The van der Waals surface area contributed by atoms with Gasteiger partial charge in [0.15, 0.2) is 23.3 Å². The molecule has 0 spiro atoms. The second-order valence-corrected chi connectivity index (χ2v) is 7.28. The zero-order valence-corrected chi connectivity index (χ0v) is 16.6. The van der Waals surface area contributed by atoms with Crippen LogP contribution < -0.4 is 0 Å². The molecule has 1 aliphatic rings. The minimum atomic E-state index is -2.42. The molecule has 13 heteroatoms. The lowest BCUT2D eigenvalue weighted by Gasteiger charge is -2.34. The quantitative estimate of drug-likeness (QED) is 0.329. The number of amides is 1. The molecule has 0 aliphatic carbocycles. The molecule has 1 fully saturated rings. The number of hydrogen-bond donors (Lipinski definition) is 0. The summed E-state index contributed by atoms with van der Waals surface area (Å²) >= 11 is 0. The zero-order valence-electron chi connectivity index (χ0n) is 16.6. The van der Waals surface area contributed by atoms with E-state index in [1.54, 1.807) is 0 Å². The average molecular weight is 474 g/mol. The first-order valence-corrected chi connectivity index (χ1v) is 9.32. The van der Waals surface area contributed by atoms with Gasteiger partial charge in [0, 0.05) is 11.6 Å². The highest BCUT2D eigenvalue weighted by molar-refractivity contribution is 5.95. The Morgan fingerprint density at radius 3 is 2.27 bits per heavy atom. The monoisotopic (exact) mass is 474 g/mol. The van der Waals surface area contributed by atoms with Gasteiger partial charge in [-0.2, -0.15) is 5.10 Å². The van der Waals surface area contributed by atoms with Gasteiger partial charge >= 0.3 is 0 Å². The third kappa shape index (κ3) is 3.52. The summed E-state index contributed by atoms with van der Waals surface area (Å²) < 4.78 is 104. The molecule has 1 aromatic heterocycles. The summed E-state index contributed by atoms with van der Waals surface area (Å²) in [6.07, 6.45) is 2.40. The van der Waals surface area contributed by atoms with E-state index >= 15 is 0 Å². The number of ether oxygens (including phenoxy) is 1. The summed E-state index contributed by atoms with van der Waals surface area (Å²) in [4.78, 5) is 17.3. The molecule has 2 heterocycles. The Morgan fingerprint density at radius 2 is 1.70 bits per heavy atom. The maximum absolute atomic E-state index is 14.7. The Labute approximate surface area is 181 Å². The van der Waals surface area contributed by atoms with Crippen LogP contribution in [-0.2, 0) is 16.9 Å². The molecule has 1 amide bonds. The predicted molar refractivity (Wildman–Crippen MR) is 95.9 cm³/mol. The van der Waals surface area contributed by atoms with Gasteiger partial charge in [-0.3, -0.25) is 4.79 Å². The van der Waals surface area contributed by atoms with Crippen LogP contribution in [0.3, 0.4) is 0 Å². The molecule has 3 aromatic rings. The highest BCUT2D eigenvalue weighted by Crippen LogP contribution is 2.41. The van der Waals surface area contributed by atoms with Crippen molar-refractivity contribution in [3.05, 3.63) is 82.7 Å². The first kappa shape index (κ1) is 22.7. The second kappa shape index (κ2) is 8.14. The highest BCUT2D eigenvalue weighted by atomic mass is 19.2. The molecule has 0 N–H and O–H groups in total. The van der Waals surface area contributed by atoms with Crippen LogP contribution in [0.1, 0.15) is 22.8 Å². The molecule has 33 heavy (non-hydrogen) atoms. The Hall–Kier alpha value is -3.48. The fourth-order valence-electron chi connectivity index (χ4n) is 3.79. The maximum Gasteiger partial charge on any atom is 0.262 e. The van der Waals surface area contributed by atoms with Crippen molar-refractivity contribution in [2.45, 2.75) is 25.1 Å². The number of halogens is 7. The van der Waals surface area contributed by atoms with Gasteiger partial charge < -0.3 is 9.64 Å². The summed E-state index contributed by atoms with van der Waals surface area (Å²) in [5.74, 6) is -15.1. The van der Waals surface area contributed by atoms with Crippen LogP contribution in [0.2, 0.25) is 0 Å². The van der Waals surface area contributed by atoms with E-state index in [0.717, 1.165) is 18.5 Å². The van der Waals surface area contributed by atoms with Crippen LogP contribution in [0, 0.1) is 40.7 Å². The van der Waals surface area contributed by atoms with Crippen molar-refractivity contribution in [2.24, 2.45) is 0 Å². The maximum atomic E-state index is 14.7. The molecule has 2 atom stereocenters. The van der Waals surface area contributed by atoms with E-state index in [0.29, 0.717) is 11.0 Å². The van der Waals surface area contributed by atoms with E-state index in [9.17, 15) is 35.5 Å². The van der Waals surface area contributed by atoms with E-state index in [1.807, 2.05) is 0 Å². The van der Waals surface area contributed by atoms with Crippen molar-refractivity contribution in [1.29, 1.82) is 0 Å². The number of benzene rings is 2. The number of hydrogen-bond acceptors (Lipinski definition) is 4. The predicted octanol–water partition coefficient (Wildman–Crippen LogP) is 3.67. The van der Waals surface area contributed by atoms with Crippen LogP contribution in [0.4, 0.5) is 30.7 Å². The Kier molecular flexibility index (Phi) is 5.60. The number of carbonyl (C=O) groups is 1. The standard InChI is InChI=1S/C20H13F7N4O2/c1-9-20(5-30-7-28-6-29-30,11-3-2-10(21)4-12(11)22)33-8-31(9)19(32)13-14(23)16(25)18(27)17(26)15(13)24/h2-4,6-7,9H,5,8H2,1H3. The number of carbonyl (C=O) groups excluding carboxylic acids is 1. The highest BCUT2D eigenvalue weighted by Gasteiger charge is 2.52. The number of rotatable bonds is 4. The minimum Gasteiger partial charge on any atom is -0.346 e. The van der Waals surface area contributed by atoms with Crippen LogP contribution >= 0.6 is 0 Å². The summed E-state index contributed by atoms with van der Waals surface area (Å²) in [7, 11) is 0. The van der Waals surface area contributed by atoms with Gasteiger partial charge in [-0.25, -0.2) is 40.4 Å². The van der Waals surface area contributed by atoms with Crippen LogP contribution in [0.15, 0.2) is 30.9 Å². The molecule has 1 aliphatic heterocycles. The van der Waals surface area contributed by atoms with E-state index in [2.05, 4.69) is 10.1 Å². The lowest BCUT2D eigenvalue weighted by Crippen LogP contribution is -2.47. The number of nitrogens with zero attached hydrogens (tertiary/aromatic N) is 4. The molecular formula is C20H13F7N4O2. The fourth-order valence-corrected chi connectivity index (χ4v) is 3.79. The first-order chi connectivity index (χ1) is 15.6. The van der Waals surface area contributed by atoms with Gasteiger partial charge in [-0.15, -0.1) is 0 Å². The van der Waals surface area contributed by atoms with Gasteiger partial charge in [0.05, 0.1) is 12.6 Å². The molecule has 2 unspecified atom stereocenters. The van der Waals surface area contributed by atoms with Gasteiger partial charge in [0.2, 0.25) is 5.82 Å². The molecule has 2 aromatic carbocycles. The van der Waals surface area contributed by atoms with Crippen molar-refractivity contribution >= 4 is 5.91 Å². The Morgan fingerprint density at radius 1 is 1.06 bits per heavy atom. The van der Waals surface area contributed by atoms with Gasteiger partial charge in [-0.05, 0) is 13.0 Å². The third-order valence-corrected chi connectivity index (χ3v) is 5.54. The fraction of sp³-hybridized carbons (Fsp3) is 0.250. The molecule has 1 saturated heterocycles. The largest absolute Gasteiger partial charge is 0.346 e. The van der Waals surface area contributed by atoms with Gasteiger partial charge in [0.1, 0.15) is 42.2 Å². The summed E-state index contributed by atoms with van der Waals surface area (Å²) in [6.45, 7) is 0.333. The smallest absolute Gasteiger partial charge is 0.262 e. The minimum absolute atomic E-state index is 0.223. The van der Waals surface area contributed by atoms with Crippen LogP contribution in [0.5, 0.6) is 0 Å². The Bertz CT molecular complexity index is 1210. The molecule has 0 bridgehead atoms. The van der Waals surface area contributed by atoms with E-state index in [1.165, 1.54) is 17.9 Å². The Balaban J connectivity index is 1.80. The van der Waals surface area contributed by atoms with Crippen LogP contribution in [-0.4, -0.2) is 38.3 Å². The lowest BCUT2D eigenvalue weighted by atomic mass is 9.86. The lowest BCUT2D eigenvalue weighted by molar-refractivity contribution is -0.0274. The summed E-state index contributed by atoms with van der Waals surface area (Å²) in [5.41, 5.74) is -3.68. The van der Waals surface area contributed by atoms with Crippen molar-refractivity contribution in [1.82, 2.24) is 19.7 Å². The molecule has 0 radical (unpaired) electrons. The SMILES string of the molecule is CC1N(C(=O)c2c(F)c(F)c(F)c(F)c2F)COC1(Cn1cncn1)c1ccc(F)cc1F. The second-order valence-electron chi connectivity index (χ2n) is 7.28. The van der Waals surface area contributed by atoms with Gasteiger partial charge in [0.25, 0.3) is 5.91 Å². The van der Waals surface area contributed by atoms with E-state index < -0.39 is 70.6 Å². The molecule has 4 rings (SSSR count). The van der Waals surface area contributed by atoms with Crippen molar-refractivity contribution in [3.63, 3.8) is 0 Å². The van der Waals surface area contributed by atoms with Crippen molar-refractivity contribution < 1.29 is 40.3 Å². The van der Waals surface area contributed by atoms with E-state index in [-0.39, 0.29) is 12.1 Å². The molecule has 174 valence electrons. The first-order valence-electron chi connectivity index (χ1n) is 9.32. The molecular weight excluding hydrogens is 461 g/mol. The molecule has 0 saturated carbocycles. The van der Waals surface area contributed by atoms with Crippen LogP contribution in [0.25, 0.3) is 0 Å². The molecule has 6 nitrogen and oxygen atoms in total. The summed E-state index contributed by atoms with van der Waals surface area (Å²) in [5, 5.41) is 3.89. The van der Waals surface area contributed by atoms with Crippen molar-refractivity contribution in [3.8, 4) is 0 Å². The van der Waals surface area contributed by atoms with E-state index in [4.69, 9.17) is 4.74 Å². The average Bonchev–Trinajstić information content (AvgIpc) is 3.39. The number of aromatic nitrogens is 3. The van der Waals surface area contributed by atoms with Gasteiger partial charge in [-0.1, -0.05) is 6.07 Å². The topological polar surface area (TPSA) is 60.2 Å².